The molecule has 21 heavy (non-hydrogen) atoms. The summed E-state index contributed by atoms with van der Waals surface area (Å²) < 4.78 is 27.0. The first-order chi connectivity index (χ1) is 9.92. The lowest BCUT2D eigenvalue weighted by Crippen LogP contribution is -2.23. The number of carbonyl (C=O) groups excluding carboxylic acids is 1. The fourth-order valence-corrected chi connectivity index (χ4v) is 3.62. The Morgan fingerprint density at radius 3 is 2.76 bits per heavy atom. The van der Waals surface area contributed by atoms with Crippen LogP contribution in [0.5, 0.6) is 0 Å². The van der Waals surface area contributed by atoms with Crippen molar-refractivity contribution in [3.8, 4) is 0 Å². The molecule has 0 aliphatic rings. The van der Waals surface area contributed by atoms with E-state index in [1.54, 1.807) is 25.3 Å². The average molecular weight is 324 g/mol. The van der Waals surface area contributed by atoms with Gasteiger partial charge in [-0.3, -0.25) is 4.79 Å². The summed E-state index contributed by atoms with van der Waals surface area (Å²) in [4.78, 5) is 16.9. The molecular weight excluding hydrogens is 308 g/mol. The third-order valence-electron chi connectivity index (χ3n) is 2.87. The Kier molecular flexibility index (Phi) is 4.87. The lowest BCUT2D eigenvalue weighted by Gasteiger charge is -2.06. The summed E-state index contributed by atoms with van der Waals surface area (Å²) in [5.74, 6) is -0.0809. The molecule has 0 fully saturated rings. The Morgan fingerprint density at radius 1 is 1.38 bits per heavy atom. The van der Waals surface area contributed by atoms with Crippen LogP contribution in [-0.2, 0) is 16.6 Å². The number of carbonyl (C=O) groups is 1. The second-order valence-electron chi connectivity index (χ2n) is 4.49. The standard InChI is InChI=1S/C14H16N2O3S2/c1-3-13(17)11-5-4-6-12(7-11)21(18,19)16-9-14-15-8-10(2)20-14/h4-8,16H,3,9H2,1-2H3. The summed E-state index contributed by atoms with van der Waals surface area (Å²) in [5.41, 5.74) is 0.408. The molecule has 0 amide bonds. The first-order valence-corrected chi connectivity index (χ1v) is 8.76. The first kappa shape index (κ1) is 15.8. The zero-order valence-corrected chi connectivity index (χ0v) is 13.4. The average Bonchev–Trinajstić information content (AvgIpc) is 2.90. The van der Waals surface area contributed by atoms with E-state index in [9.17, 15) is 13.2 Å². The van der Waals surface area contributed by atoms with Crippen LogP contribution in [0.4, 0.5) is 0 Å². The number of hydrogen-bond donors (Lipinski definition) is 1. The van der Waals surface area contributed by atoms with Crippen LogP contribution in [0, 0.1) is 6.92 Å². The third kappa shape index (κ3) is 3.96. The van der Waals surface area contributed by atoms with Crippen LogP contribution in [0.25, 0.3) is 0 Å². The van der Waals surface area contributed by atoms with Gasteiger partial charge >= 0.3 is 0 Å². The summed E-state index contributed by atoms with van der Waals surface area (Å²) in [5, 5.41) is 0.705. The lowest BCUT2D eigenvalue weighted by molar-refractivity contribution is 0.0988. The molecule has 1 heterocycles. The third-order valence-corrected chi connectivity index (χ3v) is 5.18. The van der Waals surface area contributed by atoms with Crippen LogP contribution >= 0.6 is 11.3 Å². The molecular formula is C14H16N2O3S2. The normalized spacial score (nSPS) is 11.5. The van der Waals surface area contributed by atoms with Gasteiger partial charge in [-0.25, -0.2) is 18.1 Å². The van der Waals surface area contributed by atoms with Crippen molar-refractivity contribution < 1.29 is 13.2 Å². The van der Waals surface area contributed by atoms with Crippen LogP contribution in [0.1, 0.15) is 33.6 Å². The van der Waals surface area contributed by atoms with Crippen molar-refractivity contribution in [2.75, 3.05) is 0 Å². The fourth-order valence-electron chi connectivity index (χ4n) is 1.76. The van der Waals surface area contributed by atoms with Crippen molar-refractivity contribution in [2.45, 2.75) is 31.7 Å². The Hall–Kier alpha value is -1.57. The van der Waals surface area contributed by atoms with Gasteiger partial charge in [0.05, 0.1) is 11.4 Å². The minimum atomic E-state index is -3.65. The van der Waals surface area contributed by atoms with Crippen LogP contribution in [-0.4, -0.2) is 19.2 Å². The van der Waals surface area contributed by atoms with E-state index in [1.165, 1.54) is 23.5 Å². The molecule has 2 rings (SSSR count). The maximum atomic E-state index is 12.2. The summed E-state index contributed by atoms with van der Waals surface area (Å²) in [6.07, 6.45) is 2.05. The van der Waals surface area contributed by atoms with Crippen LogP contribution in [0.15, 0.2) is 35.4 Å². The van der Waals surface area contributed by atoms with E-state index in [-0.39, 0.29) is 17.2 Å². The number of ketones is 1. The monoisotopic (exact) mass is 324 g/mol. The Morgan fingerprint density at radius 2 is 2.14 bits per heavy atom. The molecule has 1 N–H and O–H groups in total. The predicted molar refractivity (Wildman–Crippen MR) is 81.9 cm³/mol. The largest absolute Gasteiger partial charge is 0.294 e. The minimum Gasteiger partial charge on any atom is -0.294 e. The maximum absolute atomic E-state index is 12.2. The molecule has 0 saturated carbocycles. The highest BCUT2D eigenvalue weighted by Gasteiger charge is 2.16. The Balaban J connectivity index is 2.17. The second-order valence-corrected chi connectivity index (χ2v) is 7.58. The van der Waals surface area contributed by atoms with E-state index in [4.69, 9.17) is 0 Å². The van der Waals surface area contributed by atoms with Gasteiger partial charge in [0.2, 0.25) is 10.0 Å². The number of aryl methyl sites for hydroxylation is 1. The predicted octanol–water partition coefficient (Wildman–Crippen LogP) is 2.52. The number of sulfonamides is 1. The Bertz CT molecular complexity index is 751. The van der Waals surface area contributed by atoms with Gasteiger partial charge in [0.25, 0.3) is 0 Å². The maximum Gasteiger partial charge on any atom is 0.240 e. The van der Waals surface area contributed by atoms with Crippen molar-refractivity contribution >= 4 is 27.1 Å². The number of nitrogens with one attached hydrogen (secondary N) is 1. The smallest absolute Gasteiger partial charge is 0.240 e. The molecule has 0 aliphatic heterocycles. The molecule has 2 aromatic rings. The van der Waals surface area contributed by atoms with E-state index < -0.39 is 10.0 Å². The first-order valence-electron chi connectivity index (χ1n) is 6.46. The van der Waals surface area contributed by atoms with E-state index in [0.29, 0.717) is 17.0 Å². The van der Waals surface area contributed by atoms with Crippen molar-refractivity contribution in [1.82, 2.24) is 9.71 Å². The van der Waals surface area contributed by atoms with E-state index >= 15 is 0 Å². The van der Waals surface area contributed by atoms with E-state index in [1.807, 2.05) is 6.92 Å². The number of hydrogen-bond acceptors (Lipinski definition) is 5. The molecule has 5 nitrogen and oxygen atoms in total. The van der Waals surface area contributed by atoms with Gasteiger partial charge in [0.15, 0.2) is 5.78 Å². The number of rotatable bonds is 6. The van der Waals surface area contributed by atoms with Crippen molar-refractivity contribution in [3.63, 3.8) is 0 Å². The van der Waals surface area contributed by atoms with Gasteiger partial charge in [-0.1, -0.05) is 19.1 Å². The number of benzene rings is 1. The summed E-state index contributed by atoms with van der Waals surface area (Å²) in [6.45, 7) is 3.80. The van der Waals surface area contributed by atoms with E-state index in [2.05, 4.69) is 9.71 Å². The van der Waals surface area contributed by atoms with Crippen LogP contribution < -0.4 is 4.72 Å². The molecule has 1 aromatic carbocycles. The molecule has 0 unspecified atom stereocenters. The lowest BCUT2D eigenvalue weighted by atomic mass is 10.1. The second kappa shape index (κ2) is 6.46. The number of Topliss-reactive ketones (excluding diaryl/α,β-unsaturated/α-hetero) is 1. The highest BCUT2D eigenvalue weighted by atomic mass is 32.2. The summed E-state index contributed by atoms with van der Waals surface area (Å²) in [7, 11) is -3.65. The van der Waals surface area contributed by atoms with Gasteiger partial charge in [-0.15, -0.1) is 11.3 Å². The Labute approximate surface area is 128 Å². The number of thiazole rings is 1. The highest BCUT2D eigenvalue weighted by Crippen LogP contribution is 2.15. The van der Waals surface area contributed by atoms with Gasteiger partial charge in [0, 0.05) is 23.1 Å². The van der Waals surface area contributed by atoms with Gasteiger partial charge in [0.1, 0.15) is 5.01 Å². The van der Waals surface area contributed by atoms with E-state index in [0.717, 1.165) is 4.88 Å². The van der Waals surface area contributed by atoms with Crippen molar-refractivity contribution in [1.29, 1.82) is 0 Å². The van der Waals surface area contributed by atoms with Crippen molar-refractivity contribution in [3.05, 3.63) is 45.9 Å². The van der Waals surface area contributed by atoms with Gasteiger partial charge in [-0.05, 0) is 19.1 Å². The molecule has 0 atom stereocenters. The van der Waals surface area contributed by atoms with Crippen LogP contribution in [0.3, 0.4) is 0 Å². The van der Waals surface area contributed by atoms with Gasteiger partial charge in [-0.2, -0.15) is 0 Å². The summed E-state index contributed by atoms with van der Waals surface area (Å²) >= 11 is 1.44. The molecule has 0 aliphatic carbocycles. The topological polar surface area (TPSA) is 76.1 Å². The van der Waals surface area contributed by atoms with Gasteiger partial charge < -0.3 is 0 Å². The summed E-state index contributed by atoms with van der Waals surface area (Å²) in [6, 6.07) is 6.07. The number of aromatic nitrogens is 1. The molecule has 1 aromatic heterocycles. The molecule has 0 saturated heterocycles. The SMILES string of the molecule is CCC(=O)c1cccc(S(=O)(=O)NCc2ncc(C)s2)c1. The number of nitrogens with zero attached hydrogens (tertiary/aromatic N) is 1. The highest BCUT2D eigenvalue weighted by molar-refractivity contribution is 7.89. The zero-order chi connectivity index (χ0) is 15.5. The fraction of sp³-hybridized carbons (Fsp3) is 0.286. The minimum absolute atomic E-state index is 0.0809. The zero-order valence-electron chi connectivity index (χ0n) is 11.8. The molecule has 0 radical (unpaired) electrons. The van der Waals surface area contributed by atoms with Crippen molar-refractivity contribution in [2.24, 2.45) is 0 Å². The molecule has 7 heteroatoms. The van der Waals surface area contributed by atoms with Crippen LogP contribution in [0.2, 0.25) is 0 Å². The molecule has 0 bridgehead atoms. The molecule has 0 spiro atoms. The quantitative estimate of drug-likeness (QED) is 0.828. The molecule has 112 valence electrons.